The molecule has 0 aliphatic carbocycles. The second kappa shape index (κ2) is 5.71. The Balaban J connectivity index is 2.90. The number of rotatable bonds is 5. The summed E-state index contributed by atoms with van der Waals surface area (Å²) >= 11 is 0. The minimum Gasteiger partial charge on any atom is -0.480 e. The van der Waals surface area contributed by atoms with Crippen molar-refractivity contribution in [2.24, 2.45) is 0 Å². The van der Waals surface area contributed by atoms with Crippen LogP contribution in [-0.4, -0.2) is 34.7 Å². The van der Waals surface area contributed by atoms with Crippen molar-refractivity contribution in [1.29, 1.82) is 0 Å². The second-order valence-electron chi connectivity index (χ2n) is 4.79. The van der Waals surface area contributed by atoms with Crippen molar-refractivity contribution in [3.05, 3.63) is 29.8 Å². The molecule has 0 spiro atoms. The number of nitrogens with one attached hydrogen (secondary N) is 1. The summed E-state index contributed by atoms with van der Waals surface area (Å²) in [6, 6.07) is 5.46. The Morgan fingerprint density at radius 3 is 2.26 bits per heavy atom. The van der Waals surface area contributed by atoms with Gasteiger partial charge in [-0.15, -0.1) is 0 Å². The van der Waals surface area contributed by atoms with Crippen molar-refractivity contribution in [3.8, 4) is 0 Å². The number of aliphatic hydroxyl groups excluding tert-OH is 1. The third-order valence-electron chi connectivity index (χ3n) is 2.99. The van der Waals surface area contributed by atoms with Crippen molar-refractivity contribution in [2.45, 2.75) is 25.3 Å². The number of carbonyl (C=O) groups is 2. The molecule has 0 bridgehead atoms. The van der Waals surface area contributed by atoms with Gasteiger partial charge in [0, 0.05) is 5.69 Å². The molecule has 104 valence electrons. The highest BCUT2D eigenvalue weighted by Gasteiger charge is 2.32. The largest absolute Gasteiger partial charge is 0.480 e. The Hall–Kier alpha value is -2.08. The number of nitrogen functional groups attached to an aromatic ring is 1. The number of carboxylic acids is 1. The van der Waals surface area contributed by atoms with Crippen LogP contribution in [0.1, 0.15) is 19.4 Å². The van der Waals surface area contributed by atoms with E-state index in [1.807, 2.05) is 0 Å². The standard InChI is InChI=1S/C13H18N2O4/c1-13(2,8-3-5-9(14)6-4-8)12(19)15-10(7-16)11(17)18/h3-6,10,16H,7,14H2,1-2H3,(H,15,19)(H,17,18)/t10-/m0/s1. The van der Waals surface area contributed by atoms with Crippen LogP contribution >= 0.6 is 0 Å². The van der Waals surface area contributed by atoms with Gasteiger partial charge in [-0.2, -0.15) is 0 Å². The SMILES string of the molecule is CC(C)(C(=O)N[C@@H](CO)C(=O)O)c1ccc(N)cc1. The van der Waals surface area contributed by atoms with Crippen molar-refractivity contribution in [3.63, 3.8) is 0 Å². The fourth-order valence-corrected chi connectivity index (χ4v) is 1.56. The highest BCUT2D eigenvalue weighted by molar-refractivity contribution is 5.90. The number of hydrogen-bond donors (Lipinski definition) is 4. The molecule has 1 rings (SSSR count). The van der Waals surface area contributed by atoms with E-state index in [-0.39, 0.29) is 0 Å². The molecule has 1 amide bonds. The molecule has 1 aromatic rings. The average Bonchev–Trinajstić information content (AvgIpc) is 2.35. The minimum atomic E-state index is -1.31. The summed E-state index contributed by atoms with van der Waals surface area (Å²) in [6.45, 7) is 2.69. The van der Waals surface area contributed by atoms with Gasteiger partial charge in [-0.1, -0.05) is 12.1 Å². The predicted molar refractivity (Wildman–Crippen MR) is 70.5 cm³/mol. The average molecular weight is 266 g/mol. The van der Waals surface area contributed by atoms with Crippen molar-refractivity contribution < 1.29 is 19.8 Å². The maximum Gasteiger partial charge on any atom is 0.328 e. The molecule has 6 heteroatoms. The van der Waals surface area contributed by atoms with Gasteiger partial charge < -0.3 is 21.3 Å². The summed E-state index contributed by atoms with van der Waals surface area (Å²) in [6.07, 6.45) is 0. The number of hydrogen-bond acceptors (Lipinski definition) is 4. The minimum absolute atomic E-state index is 0.473. The number of nitrogens with two attached hydrogens (primary N) is 1. The van der Waals surface area contributed by atoms with Gasteiger partial charge in [-0.05, 0) is 31.5 Å². The molecule has 0 aromatic heterocycles. The summed E-state index contributed by atoms with van der Waals surface area (Å²) in [5.74, 6) is -1.75. The van der Waals surface area contributed by atoms with E-state index in [9.17, 15) is 9.59 Å². The number of aliphatic carboxylic acids is 1. The number of aliphatic hydroxyl groups is 1. The summed E-state index contributed by atoms with van der Waals surface area (Å²) < 4.78 is 0. The van der Waals surface area contributed by atoms with Crippen LogP contribution in [0.2, 0.25) is 0 Å². The molecular formula is C13H18N2O4. The molecule has 19 heavy (non-hydrogen) atoms. The Morgan fingerprint density at radius 2 is 1.84 bits per heavy atom. The monoisotopic (exact) mass is 266 g/mol. The van der Waals surface area contributed by atoms with Crippen molar-refractivity contribution in [2.75, 3.05) is 12.3 Å². The van der Waals surface area contributed by atoms with E-state index in [0.29, 0.717) is 11.3 Å². The molecule has 1 aromatic carbocycles. The molecule has 0 fully saturated rings. The number of amides is 1. The summed E-state index contributed by atoms with van der Waals surface area (Å²) in [5.41, 5.74) is 5.95. The van der Waals surface area contributed by atoms with Crippen LogP contribution in [0, 0.1) is 0 Å². The summed E-state index contributed by atoms with van der Waals surface area (Å²) in [4.78, 5) is 22.9. The van der Waals surface area contributed by atoms with Gasteiger partial charge in [-0.25, -0.2) is 4.79 Å². The number of carboxylic acid groups (broad SMARTS) is 1. The van der Waals surface area contributed by atoms with E-state index in [1.165, 1.54) is 0 Å². The van der Waals surface area contributed by atoms with Gasteiger partial charge in [-0.3, -0.25) is 4.79 Å². The molecule has 1 atom stereocenters. The maximum atomic E-state index is 12.1. The van der Waals surface area contributed by atoms with Gasteiger partial charge in [0.25, 0.3) is 0 Å². The molecule has 0 saturated heterocycles. The van der Waals surface area contributed by atoms with E-state index in [0.717, 1.165) is 0 Å². The van der Waals surface area contributed by atoms with Crippen molar-refractivity contribution in [1.82, 2.24) is 5.32 Å². The summed E-state index contributed by atoms with van der Waals surface area (Å²) in [7, 11) is 0. The lowest BCUT2D eigenvalue weighted by Crippen LogP contribution is -2.49. The zero-order valence-corrected chi connectivity index (χ0v) is 10.9. The van der Waals surface area contributed by atoms with Crippen LogP contribution in [0.3, 0.4) is 0 Å². The van der Waals surface area contributed by atoms with Crippen LogP contribution in [0.25, 0.3) is 0 Å². The summed E-state index contributed by atoms with van der Waals surface area (Å²) in [5, 5.41) is 20.0. The molecule has 0 saturated carbocycles. The van der Waals surface area contributed by atoms with E-state index in [2.05, 4.69) is 5.32 Å². The molecule has 6 nitrogen and oxygen atoms in total. The zero-order valence-electron chi connectivity index (χ0n) is 10.9. The lowest BCUT2D eigenvalue weighted by Gasteiger charge is -2.26. The Kier molecular flexibility index (Phi) is 4.50. The molecule has 0 aliphatic rings. The number of anilines is 1. The lowest BCUT2D eigenvalue weighted by molar-refractivity contribution is -0.143. The predicted octanol–water partition coefficient (Wildman–Crippen LogP) is 0.108. The van der Waals surface area contributed by atoms with Gasteiger partial charge in [0.15, 0.2) is 0 Å². The zero-order chi connectivity index (χ0) is 14.6. The third-order valence-corrected chi connectivity index (χ3v) is 2.99. The Bertz CT molecular complexity index is 468. The number of carbonyl (C=O) groups excluding carboxylic acids is 1. The number of benzene rings is 1. The Morgan fingerprint density at radius 1 is 1.32 bits per heavy atom. The third kappa shape index (κ3) is 3.45. The first-order chi connectivity index (χ1) is 8.78. The first kappa shape index (κ1) is 15.0. The highest BCUT2D eigenvalue weighted by Crippen LogP contribution is 2.24. The van der Waals surface area contributed by atoms with Gasteiger partial charge in [0.2, 0.25) is 5.91 Å². The maximum absolute atomic E-state index is 12.1. The van der Waals surface area contributed by atoms with E-state index < -0.39 is 29.9 Å². The fraction of sp³-hybridized carbons (Fsp3) is 0.385. The fourth-order valence-electron chi connectivity index (χ4n) is 1.56. The van der Waals surface area contributed by atoms with E-state index in [4.69, 9.17) is 15.9 Å². The van der Waals surface area contributed by atoms with Gasteiger partial charge in [0.1, 0.15) is 6.04 Å². The molecule has 0 unspecified atom stereocenters. The van der Waals surface area contributed by atoms with Crippen LogP contribution in [0.4, 0.5) is 5.69 Å². The first-order valence-electron chi connectivity index (χ1n) is 5.79. The normalized spacial score (nSPS) is 12.8. The lowest BCUT2D eigenvalue weighted by atomic mass is 9.83. The van der Waals surface area contributed by atoms with Gasteiger partial charge >= 0.3 is 5.97 Å². The van der Waals surface area contributed by atoms with Crippen LogP contribution in [0.15, 0.2) is 24.3 Å². The second-order valence-corrected chi connectivity index (χ2v) is 4.79. The smallest absolute Gasteiger partial charge is 0.328 e. The quantitative estimate of drug-likeness (QED) is 0.565. The van der Waals surface area contributed by atoms with Crippen LogP contribution < -0.4 is 11.1 Å². The van der Waals surface area contributed by atoms with E-state index >= 15 is 0 Å². The Labute approximate surface area is 111 Å². The molecule has 0 aliphatic heterocycles. The van der Waals surface area contributed by atoms with Crippen molar-refractivity contribution >= 4 is 17.6 Å². The molecule has 5 N–H and O–H groups in total. The van der Waals surface area contributed by atoms with Crippen LogP contribution in [-0.2, 0) is 15.0 Å². The highest BCUT2D eigenvalue weighted by atomic mass is 16.4. The molecular weight excluding hydrogens is 248 g/mol. The van der Waals surface area contributed by atoms with E-state index in [1.54, 1.807) is 38.1 Å². The topological polar surface area (TPSA) is 113 Å². The van der Waals surface area contributed by atoms with Gasteiger partial charge in [0.05, 0.1) is 12.0 Å². The first-order valence-corrected chi connectivity index (χ1v) is 5.79. The van der Waals surface area contributed by atoms with Crippen LogP contribution in [0.5, 0.6) is 0 Å². The molecule has 0 radical (unpaired) electrons. The molecule has 0 heterocycles.